The highest BCUT2D eigenvalue weighted by Crippen LogP contribution is 2.09. The number of rotatable bonds is 4. The fraction of sp³-hybridized carbons (Fsp3) is 0.800. The van der Waals surface area contributed by atoms with Crippen LogP contribution in [0.25, 0.3) is 0 Å². The number of carbonyl (C=O) groups excluding carboxylic acids is 2. The van der Waals surface area contributed by atoms with Crippen molar-refractivity contribution < 1.29 is 14.3 Å². The van der Waals surface area contributed by atoms with E-state index in [-0.39, 0.29) is 36.7 Å². The van der Waals surface area contributed by atoms with E-state index in [1.165, 1.54) is 0 Å². The summed E-state index contributed by atoms with van der Waals surface area (Å²) in [7, 11) is 0. The number of carbonyl (C=O) groups is 2. The molecule has 0 unspecified atom stereocenters. The van der Waals surface area contributed by atoms with Crippen LogP contribution in [0.4, 0.5) is 0 Å². The first-order valence-corrected chi connectivity index (χ1v) is 5.38. The zero-order chi connectivity index (χ0) is 11.1. The number of amides is 1. The Kier molecular flexibility index (Phi) is 7.93. The van der Waals surface area contributed by atoms with E-state index in [0.29, 0.717) is 13.2 Å². The lowest BCUT2D eigenvalue weighted by Crippen LogP contribution is -2.42. The van der Waals surface area contributed by atoms with Gasteiger partial charge in [-0.25, -0.2) is 0 Å². The topological polar surface area (TPSA) is 67.4 Å². The van der Waals surface area contributed by atoms with Crippen molar-refractivity contribution in [2.24, 2.45) is 5.92 Å². The van der Waals surface area contributed by atoms with Crippen LogP contribution in [0.15, 0.2) is 0 Å². The maximum atomic E-state index is 11.5. The maximum Gasteiger partial charge on any atom is 0.325 e. The van der Waals surface area contributed by atoms with Crippen molar-refractivity contribution in [2.45, 2.75) is 19.8 Å². The Labute approximate surface area is 102 Å². The minimum absolute atomic E-state index is 0. The Balaban J connectivity index is 0.00000225. The second-order valence-electron chi connectivity index (χ2n) is 3.57. The number of halogens is 1. The van der Waals surface area contributed by atoms with E-state index >= 15 is 0 Å². The zero-order valence-electron chi connectivity index (χ0n) is 9.45. The molecule has 5 nitrogen and oxygen atoms in total. The van der Waals surface area contributed by atoms with Gasteiger partial charge >= 0.3 is 5.97 Å². The molecule has 1 amide bonds. The zero-order valence-corrected chi connectivity index (χ0v) is 10.3. The number of piperidine rings is 1. The molecule has 0 bridgehead atoms. The van der Waals surface area contributed by atoms with E-state index in [1.54, 1.807) is 6.92 Å². The van der Waals surface area contributed by atoms with Gasteiger partial charge in [-0.1, -0.05) is 0 Å². The van der Waals surface area contributed by atoms with Crippen LogP contribution in [0.3, 0.4) is 0 Å². The first-order valence-electron chi connectivity index (χ1n) is 5.38. The standard InChI is InChI=1S/C10H18N2O3.ClH/c1-2-15-9(13)7-12-10(14)8-4-3-5-11-6-8;/h8,11H,2-7H2,1H3,(H,12,14);1H/t8-;/m1./s1. The van der Waals surface area contributed by atoms with Crippen LogP contribution >= 0.6 is 12.4 Å². The molecule has 1 fully saturated rings. The third kappa shape index (κ3) is 5.32. The minimum Gasteiger partial charge on any atom is -0.465 e. The molecule has 0 aliphatic carbocycles. The Morgan fingerprint density at radius 3 is 2.81 bits per heavy atom. The summed E-state index contributed by atoms with van der Waals surface area (Å²) >= 11 is 0. The molecule has 1 atom stereocenters. The van der Waals surface area contributed by atoms with E-state index in [9.17, 15) is 9.59 Å². The predicted octanol–water partition coefficient (Wildman–Crippen LogP) is 0.0871. The predicted molar refractivity (Wildman–Crippen MR) is 62.5 cm³/mol. The molecule has 16 heavy (non-hydrogen) atoms. The number of hydrogen-bond donors (Lipinski definition) is 2. The van der Waals surface area contributed by atoms with Crippen LogP contribution < -0.4 is 10.6 Å². The molecule has 0 aromatic rings. The van der Waals surface area contributed by atoms with Crippen molar-refractivity contribution in [2.75, 3.05) is 26.2 Å². The molecular weight excluding hydrogens is 232 g/mol. The molecule has 1 rings (SSSR count). The summed E-state index contributed by atoms with van der Waals surface area (Å²) < 4.78 is 4.71. The van der Waals surface area contributed by atoms with Crippen molar-refractivity contribution in [1.82, 2.24) is 10.6 Å². The van der Waals surface area contributed by atoms with Gasteiger partial charge in [0.1, 0.15) is 6.54 Å². The Bertz CT molecular complexity index is 230. The van der Waals surface area contributed by atoms with Crippen molar-refractivity contribution in [3.63, 3.8) is 0 Å². The van der Waals surface area contributed by atoms with Crippen molar-refractivity contribution >= 4 is 24.3 Å². The van der Waals surface area contributed by atoms with Gasteiger partial charge in [0.15, 0.2) is 0 Å². The smallest absolute Gasteiger partial charge is 0.325 e. The quantitative estimate of drug-likeness (QED) is 0.694. The van der Waals surface area contributed by atoms with Gasteiger partial charge in [0.25, 0.3) is 0 Å². The molecule has 6 heteroatoms. The van der Waals surface area contributed by atoms with E-state index in [4.69, 9.17) is 4.74 Å². The molecule has 94 valence electrons. The lowest BCUT2D eigenvalue weighted by atomic mass is 9.99. The summed E-state index contributed by atoms with van der Waals surface area (Å²) in [5.74, 6) is -0.446. The van der Waals surface area contributed by atoms with Crippen LogP contribution in [0, 0.1) is 5.92 Å². The fourth-order valence-corrected chi connectivity index (χ4v) is 1.59. The van der Waals surface area contributed by atoms with Gasteiger partial charge in [-0.05, 0) is 26.3 Å². The third-order valence-corrected chi connectivity index (χ3v) is 2.38. The van der Waals surface area contributed by atoms with Crippen molar-refractivity contribution in [3.05, 3.63) is 0 Å². The van der Waals surface area contributed by atoms with E-state index in [0.717, 1.165) is 19.4 Å². The van der Waals surface area contributed by atoms with Crippen LogP contribution in [0.1, 0.15) is 19.8 Å². The Hall–Kier alpha value is -0.810. The second kappa shape index (κ2) is 8.35. The van der Waals surface area contributed by atoms with E-state index in [1.807, 2.05) is 0 Å². The highest BCUT2D eigenvalue weighted by molar-refractivity contribution is 5.85. The van der Waals surface area contributed by atoms with Crippen molar-refractivity contribution in [3.8, 4) is 0 Å². The van der Waals surface area contributed by atoms with Gasteiger partial charge in [0.05, 0.1) is 12.5 Å². The minimum atomic E-state index is -0.380. The van der Waals surface area contributed by atoms with Crippen LogP contribution in [-0.2, 0) is 14.3 Å². The highest BCUT2D eigenvalue weighted by atomic mass is 35.5. The fourth-order valence-electron chi connectivity index (χ4n) is 1.59. The molecule has 0 radical (unpaired) electrons. The summed E-state index contributed by atoms with van der Waals surface area (Å²) in [6.07, 6.45) is 1.90. The molecule has 1 aliphatic heterocycles. The number of esters is 1. The van der Waals surface area contributed by atoms with Crippen LogP contribution in [0.5, 0.6) is 0 Å². The Morgan fingerprint density at radius 1 is 1.50 bits per heavy atom. The van der Waals surface area contributed by atoms with Gasteiger partial charge in [-0.15, -0.1) is 12.4 Å². The van der Waals surface area contributed by atoms with Gasteiger partial charge in [0, 0.05) is 6.54 Å². The molecule has 1 saturated heterocycles. The van der Waals surface area contributed by atoms with Crippen LogP contribution in [-0.4, -0.2) is 38.1 Å². The third-order valence-electron chi connectivity index (χ3n) is 2.38. The number of hydrogen-bond acceptors (Lipinski definition) is 4. The average molecular weight is 251 g/mol. The van der Waals surface area contributed by atoms with Gasteiger partial charge in [-0.3, -0.25) is 9.59 Å². The summed E-state index contributed by atoms with van der Waals surface area (Å²) in [6, 6.07) is 0. The summed E-state index contributed by atoms with van der Waals surface area (Å²) in [4.78, 5) is 22.5. The second-order valence-corrected chi connectivity index (χ2v) is 3.57. The molecule has 1 heterocycles. The first-order chi connectivity index (χ1) is 7.24. The monoisotopic (exact) mass is 250 g/mol. The van der Waals surface area contributed by atoms with Gasteiger partial charge < -0.3 is 15.4 Å². The number of nitrogens with one attached hydrogen (secondary N) is 2. The molecule has 2 N–H and O–H groups in total. The molecule has 0 aromatic carbocycles. The summed E-state index contributed by atoms with van der Waals surface area (Å²) in [5, 5.41) is 5.73. The molecular formula is C10H19ClN2O3. The van der Waals surface area contributed by atoms with Gasteiger partial charge in [0.2, 0.25) is 5.91 Å². The normalized spacial score (nSPS) is 19.4. The van der Waals surface area contributed by atoms with E-state index in [2.05, 4.69) is 10.6 Å². The number of ether oxygens (including phenoxy) is 1. The largest absolute Gasteiger partial charge is 0.465 e. The molecule has 1 aliphatic rings. The highest BCUT2D eigenvalue weighted by Gasteiger charge is 2.20. The average Bonchev–Trinajstić information content (AvgIpc) is 2.27. The lowest BCUT2D eigenvalue weighted by Gasteiger charge is -2.21. The SMILES string of the molecule is CCOC(=O)CNC(=O)[C@@H]1CCCNC1.Cl. The summed E-state index contributed by atoms with van der Waals surface area (Å²) in [5.41, 5.74) is 0. The Morgan fingerprint density at radius 2 is 2.25 bits per heavy atom. The van der Waals surface area contributed by atoms with Crippen molar-refractivity contribution in [1.29, 1.82) is 0 Å². The summed E-state index contributed by atoms with van der Waals surface area (Å²) in [6.45, 7) is 3.74. The van der Waals surface area contributed by atoms with E-state index < -0.39 is 0 Å². The van der Waals surface area contributed by atoms with Gasteiger partial charge in [-0.2, -0.15) is 0 Å². The lowest BCUT2D eigenvalue weighted by molar-refractivity contribution is -0.143. The molecule has 0 spiro atoms. The first kappa shape index (κ1) is 15.2. The molecule has 0 saturated carbocycles. The van der Waals surface area contributed by atoms with Crippen LogP contribution in [0.2, 0.25) is 0 Å². The maximum absolute atomic E-state index is 11.5. The molecule has 0 aromatic heterocycles.